The molecule has 0 bridgehead atoms. The van der Waals surface area contributed by atoms with E-state index in [0.29, 0.717) is 0 Å². The quantitative estimate of drug-likeness (QED) is 0.764. The third-order valence-electron chi connectivity index (χ3n) is 4.20. The van der Waals surface area contributed by atoms with Crippen molar-refractivity contribution in [3.05, 3.63) is 34.8 Å². The minimum absolute atomic E-state index is 0.0947. The second kappa shape index (κ2) is 7.67. The van der Waals surface area contributed by atoms with Crippen molar-refractivity contribution in [1.82, 2.24) is 20.4 Å². The van der Waals surface area contributed by atoms with Crippen molar-refractivity contribution in [2.75, 3.05) is 24.5 Å². The van der Waals surface area contributed by atoms with Crippen LogP contribution in [-0.4, -0.2) is 46.6 Å². The molecule has 0 radical (unpaired) electrons. The van der Waals surface area contributed by atoms with Crippen LogP contribution < -0.4 is 15.5 Å². The van der Waals surface area contributed by atoms with E-state index >= 15 is 0 Å². The highest BCUT2D eigenvalue weighted by molar-refractivity contribution is 7.07. The molecule has 3 rings (SSSR count). The Morgan fingerprint density at radius 2 is 2.46 bits per heavy atom. The van der Waals surface area contributed by atoms with E-state index in [9.17, 15) is 9.90 Å². The van der Waals surface area contributed by atoms with Gasteiger partial charge in [0.2, 0.25) is 0 Å². The summed E-state index contributed by atoms with van der Waals surface area (Å²) in [6.07, 6.45) is 5.15. The molecule has 24 heavy (non-hydrogen) atoms. The van der Waals surface area contributed by atoms with E-state index in [2.05, 4.69) is 20.6 Å². The smallest absolute Gasteiger partial charge is 0.315 e. The first-order valence-electron chi connectivity index (χ1n) is 8.10. The van der Waals surface area contributed by atoms with Crippen LogP contribution in [0, 0.1) is 0 Å². The van der Waals surface area contributed by atoms with Crippen LogP contribution in [0.25, 0.3) is 0 Å². The summed E-state index contributed by atoms with van der Waals surface area (Å²) in [6, 6.07) is 1.72. The van der Waals surface area contributed by atoms with Gasteiger partial charge in [0.15, 0.2) is 0 Å². The van der Waals surface area contributed by atoms with Gasteiger partial charge in [0.1, 0.15) is 0 Å². The van der Waals surface area contributed by atoms with E-state index < -0.39 is 6.10 Å². The van der Waals surface area contributed by atoms with Gasteiger partial charge in [0.25, 0.3) is 0 Å². The molecule has 130 valence electrons. The minimum atomic E-state index is -0.666. The highest BCUT2D eigenvalue weighted by atomic mass is 32.1. The van der Waals surface area contributed by atoms with Gasteiger partial charge in [-0.05, 0) is 35.2 Å². The molecule has 8 heteroatoms. The summed E-state index contributed by atoms with van der Waals surface area (Å²) in [5.41, 5.74) is 1.91. The number of amides is 2. The van der Waals surface area contributed by atoms with E-state index in [1.54, 1.807) is 4.68 Å². The average Bonchev–Trinajstić information content (AvgIpc) is 3.24. The first-order valence-corrected chi connectivity index (χ1v) is 9.04. The van der Waals surface area contributed by atoms with Gasteiger partial charge in [0.05, 0.1) is 18.0 Å². The lowest BCUT2D eigenvalue weighted by molar-refractivity contribution is 0.172. The van der Waals surface area contributed by atoms with Crippen molar-refractivity contribution in [3.63, 3.8) is 0 Å². The van der Waals surface area contributed by atoms with Gasteiger partial charge in [-0.3, -0.25) is 4.68 Å². The first kappa shape index (κ1) is 16.8. The van der Waals surface area contributed by atoms with Gasteiger partial charge < -0.3 is 20.6 Å². The van der Waals surface area contributed by atoms with Crippen LogP contribution in [-0.2, 0) is 7.05 Å². The standard InChI is InChI=1S/C16H23N5O2S/c1-20-10-14(7-18-20)21-5-2-3-13(9-21)19-16(23)17-8-15(22)12-4-6-24-11-12/h4,6-7,10-11,13,15,22H,2-3,5,8-9H2,1H3,(H2,17,19,23). The number of thiophene rings is 1. The molecule has 0 aliphatic carbocycles. The Balaban J connectivity index is 1.45. The number of carbonyl (C=O) groups excluding carboxylic acids is 1. The fourth-order valence-corrected chi connectivity index (χ4v) is 3.62. The van der Waals surface area contributed by atoms with Crippen LogP contribution in [0.3, 0.4) is 0 Å². The van der Waals surface area contributed by atoms with Gasteiger partial charge >= 0.3 is 6.03 Å². The summed E-state index contributed by atoms with van der Waals surface area (Å²) in [7, 11) is 1.90. The number of aliphatic hydroxyl groups excluding tert-OH is 1. The molecule has 1 aliphatic rings. The number of urea groups is 1. The SMILES string of the molecule is Cn1cc(N2CCCC(NC(=O)NCC(O)c3ccsc3)C2)cn1. The van der Waals surface area contributed by atoms with Crippen molar-refractivity contribution >= 4 is 23.1 Å². The summed E-state index contributed by atoms with van der Waals surface area (Å²) < 4.78 is 1.78. The van der Waals surface area contributed by atoms with Gasteiger partial charge in [-0.2, -0.15) is 16.4 Å². The summed E-state index contributed by atoms with van der Waals surface area (Å²) in [5, 5.41) is 23.7. The molecule has 2 atom stereocenters. The summed E-state index contributed by atoms with van der Waals surface area (Å²) in [6.45, 7) is 1.95. The zero-order chi connectivity index (χ0) is 16.9. The Hall–Kier alpha value is -2.06. The second-order valence-electron chi connectivity index (χ2n) is 6.08. The maximum Gasteiger partial charge on any atom is 0.315 e. The van der Waals surface area contributed by atoms with Crippen LogP contribution in [0.15, 0.2) is 29.2 Å². The summed E-state index contributed by atoms with van der Waals surface area (Å²) >= 11 is 1.53. The number of anilines is 1. The van der Waals surface area contributed by atoms with Gasteiger partial charge in [0, 0.05) is 38.9 Å². The summed E-state index contributed by atoms with van der Waals surface area (Å²) in [5.74, 6) is 0. The number of nitrogens with one attached hydrogen (secondary N) is 2. The molecule has 2 amide bonds. The predicted octanol–water partition coefficient (Wildman–Crippen LogP) is 1.48. The Morgan fingerprint density at radius 1 is 1.58 bits per heavy atom. The van der Waals surface area contributed by atoms with E-state index in [0.717, 1.165) is 37.2 Å². The van der Waals surface area contributed by atoms with E-state index in [1.165, 1.54) is 11.3 Å². The molecule has 2 aromatic heterocycles. The van der Waals surface area contributed by atoms with Crippen LogP contribution in [0.1, 0.15) is 24.5 Å². The number of piperidine rings is 1. The maximum absolute atomic E-state index is 12.1. The lowest BCUT2D eigenvalue weighted by Gasteiger charge is -2.33. The molecule has 0 aromatic carbocycles. The zero-order valence-corrected chi connectivity index (χ0v) is 14.5. The Bertz CT molecular complexity index is 657. The van der Waals surface area contributed by atoms with Crippen LogP contribution >= 0.6 is 11.3 Å². The van der Waals surface area contributed by atoms with E-state index in [4.69, 9.17) is 0 Å². The Morgan fingerprint density at radius 3 is 3.17 bits per heavy atom. The molecule has 3 N–H and O–H groups in total. The molecule has 0 spiro atoms. The third-order valence-corrected chi connectivity index (χ3v) is 4.90. The molecule has 3 heterocycles. The fraction of sp³-hybridized carbons (Fsp3) is 0.500. The Kier molecular flexibility index (Phi) is 5.37. The fourth-order valence-electron chi connectivity index (χ4n) is 2.91. The number of nitrogens with zero attached hydrogens (tertiary/aromatic N) is 3. The van der Waals surface area contributed by atoms with E-state index in [1.807, 2.05) is 36.3 Å². The number of carbonyl (C=O) groups is 1. The Labute approximate surface area is 145 Å². The van der Waals surface area contributed by atoms with Crippen molar-refractivity contribution in [1.29, 1.82) is 0 Å². The number of hydrogen-bond acceptors (Lipinski definition) is 5. The van der Waals surface area contributed by atoms with Crippen molar-refractivity contribution in [2.45, 2.75) is 25.0 Å². The molecule has 1 aliphatic heterocycles. The van der Waals surface area contributed by atoms with Gasteiger partial charge in [-0.25, -0.2) is 4.79 Å². The zero-order valence-electron chi connectivity index (χ0n) is 13.7. The van der Waals surface area contributed by atoms with Crippen molar-refractivity contribution < 1.29 is 9.90 Å². The third kappa shape index (κ3) is 4.27. The minimum Gasteiger partial charge on any atom is -0.387 e. The van der Waals surface area contributed by atoms with Crippen LogP contribution in [0.5, 0.6) is 0 Å². The highest BCUT2D eigenvalue weighted by Crippen LogP contribution is 2.19. The van der Waals surface area contributed by atoms with Gasteiger partial charge in [-0.1, -0.05) is 0 Å². The number of aryl methyl sites for hydroxylation is 1. The lowest BCUT2D eigenvalue weighted by atomic mass is 10.1. The average molecular weight is 349 g/mol. The van der Waals surface area contributed by atoms with Crippen molar-refractivity contribution in [2.24, 2.45) is 7.05 Å². The second-order valence-corrected chi connectivity index (χ2v) is 6.86. The predicted molar refractivity (Wildman–Crippen MR) is 94.3 cm³/mol. The maximum atomic E-state index is 12.1. The molecule has 7 nitrogen and oxygen atoms in total. The van der Waals surface area contributed by atoms with E-state index in [-0.39, 0.29) is 18.6 Å². The topological polar surface area (TPSA) is 82.4 Å². The lowest BCUT2D eigenvalue weighted by Crippen LogP contribution is -2.51. The van der Waals surface area contributed by atoms with Crippen molar-refractivity contribution in [3.8, 4) is 0 Å². The molecule has 1 fully saturated rings. The first-order chi connectivity index (χ1) is 11.6. The highest BCUT2D eigenvalue weighted by Gasteiger charge is 2.22. The molecule has 1 saturated heterocycles. The summed E-state index contributed by atoms with van der Waals surface area (Å²) in [4.78, 5) is 14.3. The normalized spacial score (nSPS) is 19.1. The number of rotatable bonds is 5. The van der Waals surface area contributed by atoms with Gasteiger partial charge in [-0.15, -0.1) is 0 Å². The number of aliphatic hydroxyl groups is 1. The molecular formula is C16H23N5O2S. The number of aromatic nitrogens is 2. The molecule has 2 unspecified atom stereocenters. The van der Waals surface area contributed by atoms with Crippen LogP contribution in [0.4, 0.5) is 10.5 Å². The number of hydrogen-bond donors (Lipinski definition) is 3. The molecule has 0 saturated carbocycles. The molecule has 2 aromatic rings. The largest absolute Gasteiger partial charge is 0.387 e. The molecular weight excluding hydrogens is 326 g/mol. The van der Waals surface area contributed by atoms with Crippen LogP contribution in [0.2, 0.25) is 0 Å². The monoisotopic (exact) mass is 349 g/mol.